The van der Waals surface area contributed by atoms with Crippen molar-refractivity contribution in [1.82, 2.24) is 5.32 Å². The van der Waals surface area contributed by atoms with Crippen LogP contribution in [0.2, 0.25) is 0 Å². The van der Waals surface area contributed by atoms with Gasteiger partial charge in [-0.05, 0) is 16.7 Å². The summed E-state index contributed by atoms with van der Waals surface area (Å²) in [6.07, 6.45) is -1.96. The van der Waals surface area contributed by atoms with Crippen LogP contribution in [0.4, 0.5) is 0 Å². The number of carbonyl (C=O) groups excluding carboxylic acids is 1. The molecule has 36 heavy (non-hydrogen) atoms. The topological polar surface area (TPSA) is 92.0 Å². The second kappa shape index (κ2) is 11.8. The second-order valence-electron chi connectivity index (χ2n) is 9.23. The van der Waals surface area contributed by atoms with E-state index in [1.165, 1.54) is 0 Å². The van der Waals surface area contributed by atoms with Gasteiger partial charge in [-0.25, -0.2) is 0 Å². The Kier molecular flexibility index (Phi) is 8.05. The average Bonchev–Trinajstić information content (AvgIpc) is 3.21. The summed E-state index contributed by atoms with van der Waals surface area (Å²) in [5.41, 5.74) is 9.46. The normalized spacial score (nSPS) is 27.4. The van der Waals surface area contributed by atoms with Crippen molar-refractivity contribution in [3.05, 3.63) is 108 Å². The molecule has 3 aromatic carbocycles. The molecule has 0 bridgehead atoms. The molecule has 0 radical (unpaired) electrons. The van der Waals surface area contributed by atoms with Crippen molar-refractivity contribution < 1.29 is 23.7 Å². The molecule has 3 aromatic rings. The second-order valence-corrected chi connectivity index (χ2v) is 9.23. The van der Waals surface area contributed by atoms with Gasteiger partial charge in [0.1, 0.15) is 18.4 Å². The summed E-state index contributed by atoms with van der Waals surface area (Å²) in [4.78, 5) is 12.5. The summed E-state index contributed by atoms with van der Waals surface area (Å²) in [6.45, 7) is 1.48. The van der Waals surface area contributed by atoms with E-state index in [1.807, 2.05) is 91.0 Å². The Bertz CT molecular complexity index is 1100. The summed E-state index contributed by atoms with van der Waals surface area (Å²) in [7, 11) is 0. The van der Waals surface area contributed by atoms with Gasteiger partial charge in [0.25, 0.3) is 0 Å². The van der Waals surface area contributed by atoms with E-state index >= 15 is 0 Å². The van der Waals surface area contributed by atoms with E-state index in [1.54, 1.807) is 0 Å². The van der Waals surface area contributed by atoms with Gasteiger partial charge in [0.15, 0.2) is 0 Å². The summed E-state index contributed by atoms with van der Waals surface area (Å²) < 4.78 is 25.3. The Morgan fingerprint density at radius 2 is 1.22 bits per heavy atom. The zero-order chi connectivity index (χ0) is 24.7. The highest BCUT2D eigenvalue weighted by Crippen LogP contribution is 2.35. The third-order valence-corrected chi connectivity index (χ3v) is 6.71. The Hall–Kier alpha value is -3.07. The number of ether oxygens (including phenoxy) is 4. The van der Waals surface area contributed by atoms with Gasteiger partial charge in [-0.15, -0.1) is 0 Å². The van der Waals surface area contributed by atoms with Crippen LogP contribution in [-0.4, -0.2) is 43.1 Å². The lowest BCUT2D eigenvalue weighted by Gasteiger charge is -2.44. The van der Waals surface area contributed by atoms with Gasteiger partial charge in [-0.1, -0.05) is 91.0 Å². The minimum absolute atomic E-state index is 0.244. The van der Waals surface area contributed by atoms with E-state index in [0.717, 1.165) is 16.7 Å². The maximum Gasteiger partial charge on any atom is 0.239 e. The highest BCUT2D eigenvalue weighted by atomic mass is 16.6. The molecular weight excluding hydrogens is 456 g/mol. The minimum Gasteiger partial charge on any atom is -0.374 e. The van der Waals surface area contributed by atoms with E-state index in [2.05, 4.69) is 5.32 Å². The molecule has 2 aliphatic rings. The summed E-state index contributed by atoms with van der Waals surface area (Å²) in [5, 5.41) is 2.89. The van der Waals surface area contributed by atoms with Gasteiger partial charge in [0, 0.05) is 0 Å². The third kappa shape index (κ3) is 5.83. The van der Waals surface area contributed by atoms with Crippen LogP contribution < -0.4 is 11.1 Å². The molecule has 6 atom stereocenters. The molecule has 1 unspecified atom stereocenters. The predicted octanol–water partition coefficient (Wildman–Crippen LogP) is 3.17. The first-order valence-electron chi connectivity index (χ1n) is 12.3. The van der Waals surface area contributed by atoms with Gasteiger partial charge >= 0.3 is 0 Å². The van der Waals surface area contributed by atoms with Crippen LogP contribution in [0, 0.1) is 5.92 Å². The number of hydrogen-bond acceptors (Lipinski definition) is 6. The molecule has 0 aliphatic carbocycles. The highest BCUT2D eigenvalue weighted by molar-refractivity contribution is 5.84. The lowest BCUT2D eigenvalue weighted by Crippen LogP contribution is -2.60. The molecule has 2 heterocycles. The fourth-order valence-electron chi connectivity index (χ4n) is 4.84. The predicted molar refractivity (Wildman–Crippen MR) is 134 cm³/mol. The van der Waals surface area contributed by atoms with Gasteiger partial charge in [0.05, 0.1) is 44.5 Å². The van der Waals surface area contributed by atoms with Gasteiger partial charge < -0.3 is 30.0 Å². The van der Waals surface area contributed by atoms with E-state index in [4.69, 9.17) is 24.7 Å². The number of carbonyl (C=O) groups is 1. The molecule has 0 spiro atoms. The molecular formula is C29H32N2O5. The van der Waals surface area contributed by atoms with E-state index < -0.39 is 30.6 Å². The zero-order valence-electron chi connectivity index (χ0n) is 20.1. The van der Waals surface area contributed by atoms with Crippen molar-refractivity contribution in [2.45, 2.75) is 50.4 Å². The maximum absolute atomic E-state index is 12.5. The van der Waals surface area contributed by atoms with E-state index in [-0.39, 0.29) is 18.4 Å². The number of fused-ring (bicyclic) bond motifs is 1. The fourth-order valence-corrected chi connectivity index (χ4v) is 4.84. The van der Waals surface area contributed by atoms with E-state index in [0.29, 0.717) is 19.8 Å². The molecule has 2 aliphatic heterocycles. The molecule has 2 saturated heterocycles. The third-order valence-electron chi connectivity index (χ3n) is 6.71. The van der Waals surface area contributed by atoms with Crippen LogP contribution in [0.1, 0.15) is 16.7 Å². The minimum atomic E-state index is -0.746. The monoisotopic (exact) mass is 488 g/mol. The first-order chi connectivity index (χ1) is 17.7. The van der Waals surface area contributed by atoms with Crippen LogP contribution in [0.3, 0.4) is 0 Å². The Morgan fingerprint density at radius 1 is 0.722 bits per heavy atom. The molecule has 1 amide bonds. The molecule has 2 fully saturated rings. The number of nitrogens with one attached hydrogen (secondary N) is 1. The molecule has 0 saturated carbocycles. The highest BCUT2D eigenvalue weighted by Gasteiger charge is 2.55. The van der Waals surface area contributed by atoms with Crippen LogP contribution in [0.15, 0.2) is 91.0 Å². The van der Waals surface area contributed by atoms with Crippen molar-refractivity contribution in [2.24, 2.45) is 11.7 Å². The smallest absolute Gasteiger partial charge is 0.239 e. The lowest BCUT2D eigenvalue weighted by molar-refractivity contribution is -0.243. The number of amides is 1. The van der Waals surface area contributed by atoms with Crippen LogP contribution in [0.25, 0.3) is 0 Å². The van der Waals surface area contributed by atoms with Crippen molar-refractivity contribution in [1.29, 1.82) is 0 Å². The standard InChI is InChI=1S/C29H32N2O5/c30-25-24-27(35-18-22-14-8-3-9-15-22)26(34-17-21-12-6-2-7-13-21)23(36-29(24)31-28(25)32)19-33-16-20-10-4-1-5-11-20/h1-15,23-27,29H,16-19,30H2,(H,31,32)/t23-,24-,25?,26-,27-,29+/m1/s1. The summed E-state index contributed by atoms with van der Waals surface area (Å²) in [6, 6.07) is 29.1. The molecule has 3 N–H and O–H groups in total. The Morgan fingerprint density at radius 3 is 1.78 bits per heavy atom. The van der Waals surface area contributed by atoms with Crippen molar-refractivity contribution in [3.63, 3.8) is 0 Å². The van der Waals surface area contributed by atoms with Gasteiger partial charge in [-0.2, -0.15) is 0 Å². The molecule has 5 rings (SSSR count). The average molecular weight is 489 g/mol. The SMILES string of the molecule is NC1C(=O)N[C@H]2O[C@H](COCc3ccccc3)[C@@H](OCc3ccccc3)[C@H](OCc3ccccc3)[C@@H]12. The number of nitrogens with two attached hydrogens (primary N) is 1. The first-order valence-corrected chi connectivity index (χ1v) is 12.3. The summed E-state index contributed by atoms with van der Waals surface area (Å²) in [5.74, 6) is -0.627. The summed E-state index contributed by atoms with van der Waals surface area (Å²) >= 11 is 0. The van der Waals surface area contributed by atoms with Crippen LogP contribution in [0.5, 0.6) is 0 Å². The molecule has 188 valence electrons. The fraction of sp³-hybridized carbons (Fsp3) is 0.345. The number of benzene rings is 3. The van der Waals surface area contributed by atoms with Crippen molar-refractivity contribution in [2.75, 3.05) is 6.61 Å². The zero-order valence-corrected chi connectivity index (χ0v) is 20.1. The molecule has 7 nitrogen and oxygen atoms in total. The largest absolute Gasteiger partial charge is 0.374 e. The first kappa shape index (κ1) is 24.6. The lowest BCUT2D eigenvalue weighted by atomic mass is 9.86. The number of hydrogen-bond donors (Lipinski definition) is 2. The Labute approximate surface area is 211 Å². The number of rotatable bonds is 10. The molecule has 7 heteroatoms. The quantitative estimate of drug-likeness (QED) is 0.456. The van der Waals surface area contributed by atoms with Gasteiger partial charge in [0.2, 0.25) is 5.91 Å². The Balaban J connectivity index is 1.36. The van der Waals surface area contributed by atoms with Gasteiger partial charge in [-0.3, -0.25) is 4.79 Å². The van der Waals surface area contributed by atoms with E-state index in [9.17, 15) is 4.79 Å². The van der Waals surface area contributed by atoms with Crippen LogP contribution >= 0.6 is 0 Å². The maximum atomic E-state index is 12.5. The molecule has 0 aromatic heterocycles. The van der Waals surface area contributed by atoms with Crippen molar-refractivity contribution in [3.8, 4) is 0 Å². The van der Waals surface area contributed by atoms with Crippen molar-refractivity contribution >= 4 is 5.91 Å². The van der Waals surface area contributed by atoms with Crippen LogP contribution in [-0.2, 0) is 43.6 Å².